The van der Waals surface area contributed by atoms with Crippen molar-refractivity contribution in [3.8, 4) is 11.3 Å². The third-order valence-corrected chi connectivity index (χ3v) is 5.19. The van der Waals surface area contributed by atoms with Crippen molar-refractivity contribution in [3.05, 3.63) is 36.0 Å². The van der Waals surface area contributed by atoms with E-state index in [9.17, 15) is 18.0 Å². The van der Waals surface area contributed by atoms with Gasteiger partial charge in [0.15, 0.2) is 0 Å². The lowest BCUT2D eigenvalue weighted by atomic mass is 9.98. The molecule has 1 fully saturated rings. The maximum atomic E-state index is 13.3. The van der Waals surface area contributed by atoms with Gasteiger partial charge >= 0.3 is 12.1 Å². The molecule has 1 aliphatic heterocycles. The number of aliphatic carboxylic acids is 1. The van der Waals surface area contributed by atoms with Crippen molar-refractivity contribution in [2.24, 2.45) is 5.92 Å². The van der Waals surface area contributed by atoms with Crippen LogP contribution >= 0.6 is 0 Å². The van der Waals surface area contributed by atoms with Crippen molar-refractivity contribution in [1.29, 1.82) is 0 Å². The predicted octanol–water partition coefficient (Wildman–Crippen LogP) is 3.17. The van der Waals surface area contributed by atoms with Crippen molar-refractivity contribution < 1.29 is 27.8 Å². The van der Waals surface area contributed by atoms with Crippen LogP contribution in [0.15, 0.2) is 30.5 Å². The molecule has 0 bridgehead atoms. The van der Waals surface area contributed by atoms with Gasteiger partial charge in [0.1, 0.15) is 0 Å². The van der Waals surface area contributed by atoms with E-state index in [1.807, 2.05) is 0 Å². The number of ether oxygens (including phenoxy) is 1. The first-order valence-corrected chi connectivity index (χ1v) is 9.94. The smallest absolute Gasteiger partial charge is 0.417 e. The zero-order chi connectivity index (χ0) is 21.6. The Kier molecular flexibility index (Phi) is 7.43. The molecular weight excluding hydrogens is 401 g/mol. The first kappa shape index (κ1) is 22.2. The Morgan fingerprint density at radius 3 is 2.80 bits per heavy atom. The van der Waals surface area contributed by atoms with Gasteiger partial charge in [0, 0.05) is 31.8 Å². The minimum absolute atomic E-state index is 0.0500. The summed E-state index contributed by atoms with van der Waals surface area (Å²) in [6.07, 6.45) is -0.971. The van der Waals surface area contributed by atoms with Crippen LogP contribution in [0, 0.1) is 5.92 Å². The Labute approximate surface area is 172 Å². The van der Waals surface area contributed by atoms with Gasteiger partial charge in [-0.2, -0.15) is 13.2 Å². The Morgan fingerprint density at radius 1 is 1.23 bits per heavy atom. The zero-order valence-electron chi connectivity index (χ0n) is 16.5. The fraction of sp³-hybridized carbons (Fsp3) is 0.550. The van der Waals surface area contributed by atoms with E-state index >= 15 is 0 Å². The largest absolute Gasteiger partial charge is 0.481 e. The molecule has 1 atom stereocenters. The van der Waals surface area contributed by atoms with Gasteiger partial charge in [-0.3, -0.25) is 4.79 Å². The average molecular weight is 426 g/mol. The lowest BCUT2D eigenvalue weighted by Crippen LogP contribution is -2.40. The van der Waals surface area contributed by atoms with Gasteiger partial charge in [0.25, 0.3) is 0 Å². The molecule has 1 unspecified atom stereocenters. The molecule has 0 amide bonds. The Bertz CT molecular complexity index is 841. The summed E-state index contributed by atoms with van der Waals surface area (Å²) in [4.78, 5) is 13.2. The molecule has 0 saturated carbocycles. The number of alkyl halides is 3. The van der Waals surface area contributed by atoms with Crippen molar-refractivity contribution in [3.63, 3.8) is 0 Å². The Hall–Kier alpha value is -2.46. The molecule has 1 saturated heterocycles. The molecular formula is C20H25F3N4O3. The first-order valence-electron chi connectivity index (χ1n) is 9.94. The molecule has 7 nitrogen and oxygen atoms in total. The number of carboxylic acid groups (broad SMARTS) is 1. The van der Waals surface area contributed by atoms with Crippen LogP contribution in [-0.4, -0.2) is 63.8 Å². The van der Waals surface area contributed by atoms with E-state index in [0.29, 0.717) is 51.4 Å². The number of hydrogen-bond acceptors (Lipinski definition) is 5. The molecule has 164 valence electrons. The van der Waals surface area contributed by atoms with Crippen LogP contribution in [0.2, 0.25) is 0 Å². The van der Waals surface area contributed by atoms with E-state index in [4.69, 9.17) is 9.84 Å². The van der Waals surface area contributed by atoms with Gasteiger partial charge in [-0.05, 0) is 31.9 Å². The second-order valence-electron chi connectivity index (χ2n) is 7.33. The quantitative estimate of drug-likeness (QED) is 0.621. The summed E-state index contributed by atoms with van der Waals surface area (Å²) < 4.78 is 46.9. The number of benzene rings is 1. The van der Waals surface area contributed by atoms with Crippen LogP contribution in [0.25, 0.3) is 11.3 Å². The zero-order valence-corrected chi connectivity index (χ0v) is 16.5. The van der Waals surface area contributed by atoms with Crippen molar-refractivity contribution >= 4 is 5.97 Å². The van der Waals surface area contributed by atoms with Gasteiger partial charge in [-0.25, -0.2) is 4.68 Å². The highest BCUT2D eigenvalue weighted by Crippen LogP contribution is 2.36. The third-order valence-electron chi connectivity index (χ3n) is 5.19. The molecule has 2 heterocycles. The lowest BCUT2D eigenvalue weighted by Gasteiger charge is -2.30. The summed E-state index contributed by atoms with van der Waals surface area (Å²) in [7, 11) is 0. The average Bonchev–Trinajstić information content (AvgIpc) is 3.18. The topological polar surface area (TPSA) is 80.5 Å². The Morgan fingerprint density at radius 2 is 2.03 bits per heavy atom. The number of hydrogen-bond donors (Lipinski definition) is 1. The monoisotopic (exact) mass is 426 g/mol. The van der Waals surface area contributed by atoms with E-state index in [0.717, 1.165) is 19.0 Å². The molecule has 0 radical (unpaired) electrons. The minimum atomic E-state index is -4.46. The van der Waals surface area contributed by atoms with Crippen molar-refractivity contribution in [2.45, 2.75) is 32.0 Å². The van der Waals surface area contributed by atoms with E-state index < -0.39 is 17.7 Å². The minimum Gasteiger partial charge on any atom is -0.481 e. The summed E-state index contributed by atoms with van der Waals surface area (Å²) in [6, 6.07) is 5.37. The van der Waals surface area contributed by atoms with Gasteiger partial charge in [-0.15, -0.1) is 5.10 Å². The fourth-order valence-corrected chi connectivity index (χ4v) is 3.66. The summed E-state index contributed by atoms with van der Waals surface area (Å²) >= 11 is 0. The van der Waals surface area contributed by atoms with Crippen molar-refractivity contribution in [1.82, 2.24) is 19.9 Å². The molecule has 0 spiro atoms. The molecule has 1 aromatic carbocycles. The molecule has 1 N–H and O–H groups in total. The number of carboxylic acids is 1. The number of likely N-dealkylation sites (tertiary alicyclic amines) is 1. The first-order chi connectivity index (χ1) is 14.4. The van der Waals surface area contributed by atoms with Gasteiger partial charge in [0.05, 0.1) is 30.0 Å². The molecule has 1 aromatic heterocycles. The van der Waals surface area contributed by atoms with E-state index in [1.54, 1.807) is 6.07 Å². The fourth-order valence-electron chi connectivity index (χ4n) is 3.66. The molecule has 1 aliphatic rings. The molecule has 30 heavy (non-hydrogen) atoms. The van der Waals surface area contributed by atoms with Crippen LogP contribution < -0.4 is 0 Å². The van der Waals surface area contributed by atoms with Gasteiger partial charge < -0.3 is 14.7 Å². The van der Waals surface area contributed by atoms with Crippen molar-refractivity contribution in [2.75, 3.05) is 32.8 Å². The van der Waals surface area contributed by atoms with Gasteiger partial charge in [-0.1, -0.05) is 23.4 Å². The number of halogens is 3. The number of carbonyl (C=O) groups is 1. The second kappa shape index (κ2) is 10.0. The highest BCUT2D eigenvalue weighted by molar-refractivity contribution is 5.70. The number of rotatable bonds is 9. The van der Waals surface area contributed by atoms with E-state index in [-0.39, 0.29) is 11.5 Å². The Balaban J connectivity index is 1.45. The van der Waals surface area contributed by atoms with Crippen LogP contribution in [0.5, 0.6) is 0 Å². The van der Waals surface area contributed by atoms with Gasteiger partial charge in [0.2, 0.25) is 0 Å². The highest BCUT2D eigenvalue weighted by Gasteiger charge is 2.34. The summed E-state index contributed by atoms with van der Waals surface area (Å²) in [6.45, 7) is 3.36. The maximum absolute atomic E-state index is 13.3. The number of piperidine rings is 1. The number of aromatic nitrogens is 3. The maximum Gasteiger partial charge on any atom is 0.417 e. The standard InChI is InChI=1S/C20H25F3N4O3/c21-20(22,23)17-7-2-1-6-16(17)18-13-24-25-27(18)9-4-11-30-12-10-26-8-3-5-15(14-26)19(28)29/h1-2,6-7,13,15H,3-5,8-12,14H2,(H,28,29). The summed E-state index contributed by atoms with van der Waals surface area (Å²) in [5, 5.41) is 16.8. The SMILES string of the molecule is O=C(O)C1CCCN(CCOCCCn2nncc2-c2ccccc2C(F)(F)F)C1. The number of nitrogens with zero attached hydrogens (tertiary/aromatic N) is 4. The summed E-state index contributed by atoms with van der Waals surface area (Å²) in [5.74, 6) is -1.07. The van der Waals surface area contributed by atoms with E-state index in [1.165, 1.54) is 23.0 Å². The predicted molar refractivity (Wildman–Crippen MR) is 103 cm³/mol. The highest BCUT2D eigenvalue weighted by atomic mass is 19.4. The van der Waals surface area contributed by atoms with Crippen LogP contribution in [-0.2, 0) is 22.3 Å². The van der Waals surface area contributed by atoms with Crippen LogP contribution in [0.3, 0.4) is 0 Å². The third kappa shape index (κ3) is 5.79. The molecule has 2 aromatic rings. The summed E-state index contributed by atoms with van der Waals surface area (Å²) in [5.41, 5.74) is -0.351. The molecule has 0 aliphatic carbocycles. The van der Waals surface area contributed by atoms with Crippen LogP contribution in [0.1, 0.15) is 24.8 Å². The second-order valence-corrected chi connectivity index (χ2v) is 7.33. The molecule has 3 rings (SSSR count). The number of aryl methyl sites for hydroxylation is 1. The van der Waals surface area contributed by atoms with Crippen LogP contribution in [0.4, 0.5) is 13.2 Å². The normalized spacial score (nSPS) is 17.9. The molecule has 10 heteroatoms. The lowest BCUT2D eigenvalue weighted by molar-refractivity contribution is -0.143. The van der Waals surface area contributed by atoms with E-state index in [2.05, 4.69) is 15.2 Å².